The third-order valence-corrected chi connectivity index (χ3v) is 4.66. The molecule has 0 unspecified atom stereocenters. The van der Waals surface area contributed by atoms with Crippen molar-refractivity contribution >= 4 is 29.2 Å². The molecule has 27 heavy (non-hydrogen) atoms. The molecule has 0 aromatic heterocycles. The molecule has 2 aliphatic heterocycles. The number of esters is 2. The lowest BCUT2D eigenvalue weighted by molar-refractivity contribution is -0.139. The number of hydrogen-bond acceptors (Lipinski definition) is 6. The van der Waals surface area contributed by atoms with E-state index >= 15 is 0 Å². The average molecular weight is 368 g/mol. The highest BCUT2D eigenvalue weighted by Crippen LogP contribution is 2.40. The van der Waals surface area contributed by atoms with Gasteiger partial charge in [-0.15, -0.1) is 0 Å². The first-order chi connectivity index (χ1) is 12.8. The largest absolute Gasteiger partial charge is 0.465 e. The summed E-state index contributed by atoms with van der Waals surface area (Å²) in [5, 5.41) is 2.85. The van der Waals surface area contributed by atoms with Crippen LogP contribution in [-0.4, -0.2) is 32.1 Å². The van der Waals surface area contributed by atoms with Gasteiger partial charge in [-0.2, -0.15) is 0 Å². The zero-order valence-corrected chi connectivity index (χ0v) is 15.5. The van der Waals surface area contributed by atoms with Gasteiger partial charge in [0.05, 0.1) is 25.2 Å². The molecule has 0 saturated heterocycles. The molecule has 0 atom stereocenters. The number of amides is 1. The molecule has 1 amide bonds. The Morgan fingerprint density at radius 3 is 2.44 bits per heavy atom. The van der Waals surface area contributed by atoms with Crippen molar-refractivity contribution in [1.29, 1.82) is 0 Å². The van der Waals surface area contributed by atoms with Gasteiger partial charge in [0.15, 0.2) is 0 Å². The number of carbonyl (C=O) groups excluding carboxylic acids is 3. The number of carbonyl (C=O) groups is 3. The van der Waals surface area contributed by atoms with E-state index in [4.69, 9.17) is 9.47 Å². The molecule has 0 fully saturated rings. The van der Waals surface area contributed by atoms with Crippen LogP contribution in [0.3, 0.4) is 0 Å². The Kier molecular flexibility index (Phi) is 4.61. The van der Waals surface area contributed by atoms with Crippen LogP contribution >= 0.6 is 0 Å². The smallest absolute Gasteiger partial charge is 0.355 e. The van der Waals surface area contributed by atoms with Crippen molar-refractivity contribution in [1.82, 2.24) is 0 Å². The summed E-state index contributed by atoms with van der Waals surface area (Å²) in [6.45, 7) is 3.66. The second kappa shape index (κ2) is 6.75. The van der Waals surface area contributed by atoms with Crippen molar-refractivity contribution in [3.63, 3.8) is 0 Å². The summed E-state index contributed by atoms with van der Waals surface area (Å²) in [6, 6.07) is 5.35. The van der Waals surface area contributed by atoms with Gasteiger partial charge in [-0.25, -0.2) is 9.59 Å². The monoisotopic (exact) mass is 368 g/mol. The summed E-state index contributed by atoms with van der Waals surface area (Å²) >= 11 is 0. The van der Waals surface area contributed by atoms with Gasteiger partial charge in [-0.3, -0.25) is 4.79 Å². The number of methoxy groups -OCH3 is 2. The molecular weight excluding hydrogens is 348 g/mol. The molecule has 140 valence electrons. The van der Waals surface area contributed by atoms with Crippen molar-refractivity contribution in [2.24, 2.45) is 0 Å². The zero-order valence-electron chi connectivity index (χ0n) is 15.5. The minimum Gasteiger partial charge on any atom is -0.465 e. The van der Waals surface area contributed by atoms with Gasteiger partial charge in [0.2, 0.25) is 5.91 Å². The van der Waals surface area contributed by atoms with Gasteiger partial charge in [0.25, 0.3) is 0 Å². The fraction of sp³-hybridized carbons (Fsp3) is 0.250. The Morgan fingerprint density at radius 1 is 1.07 bits per heavy atom. The normalized spacial score (nSPS) is 17.3. The number of allylic oxidation sites excluding steroid dienone is 2. The molecule has 1 aromatic carbocycles. The van der Waals surface area contributed by atoms with E-state index in [0.717, 1.165) is 11.3 Å². The molecule has 7 nitrogen and oxygen atoms in total. The lowest BCUT2D eigenvalue weighted by Gasteiger charge is -2.24. The van der Waals surface area contributed by atoms with Crippen LogP contribution in [0.2, 0.25) is 0 Å². The first-order valence-corrected chi connectivity index (χ1v) is 8.32. The third kappa shape index (κ3) is 3.01. The quantitative estimate of drug-likeness (QED) is 0.825. The number of fused-ring (bicyclic) bond motifs is 1. The summed E-state index contributed by atoms with van der Waals surface area (Å²) in [6.07, 6.45) is 6.48. The van der Waals surface area contributed by atoms with Crippen molar-refractivity contribution in [2.75, 3.05) is 24.4 Å². The Hall–Kier alpha value is -3.35. The molecule has 2 heterocycles. The van der Waals surface area contributed by atoms with Crippen molar-refractivity contribution in [2.45, 2.75) is 19.3 Å². The Labute approximate surface area is 156 Å². The highest BCUT2D eigenvalue weighted by atomic mass is 16.5. The Balaban J connectivity index is 2.18. The number of rotatable bonds is 3. The molecule has 7 heteroatoms. The van der Waals surface area contributed by atoms with Gasteiger partial charge in [0.1, 0.15) is 5.70 Å². The maximum Gasteiger partial charge on any atom is 0.355 e. The van der Waals surface area contributed by atoms with Gasteiger partial charge < -0.3 is 19.7 Å². The predicted octanol–water partition coefficient (Wildman–Crippen LogP) is 2.41. The van der Waals surface area contributed by atoms with E-state index in [1.165, 1.54) is 20.3 Å². The predicted molar refractivity (Wildman–Crippen MR) is 99.9 cm³/mol. The number of anilines is 2. The lowest BCUT2D eigenvalue weighted by atomic mass is 9.86. The summed E-state index contributed by atoms with van der Waals surface area (Å²) < 4.78 is 9.70. The first-order valence-electron chi connectivity index (χ1n) is 8.32. The fourth-order valence-corrected chi connectivity index (χ4v) is 3.07. The molecule has 1 aromatic rings. The summed E-state index contributed by atoms with van der Waals surface area (Å²) in [5.74, 6) is -1.43. The first kappa shape index (κ1) is 18.4. The van der Waals surface area contributed by atoms with E-state index in [0.29, 0.717) is 5.69 Å². The summed E-state index contributed by atoms with van der Waals surface area (Å²) in [4.78, 5) is 38.4. The minimum absolute atomic E-state index is 0.0318. The van der Waals surface area contributed by atoms with Gasteiger partial charge in [0, 0.05) is 17.6 Å². The van der Waals surface area contributed by atoms with Crippen LogP contribution in [0.15, 0.2) is 53.9 Å². The molecule has 1 N–H and O–H groups in total. The zero-order chi connectivity index (χ0) is 19.8. The Morgan fingerprint density at radius 2 is 1.78 bits per heavy atom. The van der Waals surface area contributed by atoms with Gasteiger partial charge >= 0.3 is 11.9 Å². The van der Waals surface area contributed by atoms with E-state index in [9.17, 15) is 14.4 Å². The molecule has 3 rings (SSSR count). The highest BCUT2D eigenvalue weighted by Gasteiger charge is 2.39. The standard InChI is InChI=1S/C20H20N2O5/c1-20(2)14-11-12(8-9-15(14)21-19(20)25)22-10-6-5-7-13(17(23)26-3)16(22)18(24)27-4/h5-11H,1-4H3,(H,21,25). The summed E-state index contributed by atoms with van der Waals surface area (Å²) in [7, 11) is 2.49. The van der Waals surface area contributed by atoms with Crippen LogP contribution in [0.1, 0.15) is 19.4 Å². The van der Waals surface area contributed by atoms with Gasteiger partial charge in [-0.05, 0) is 49.8 Å². The summed E-state index contributed by atoms with van der Waals surface area (Å²) in [5.41, 5.74) is 1.54. The molecule has 0 bridgehead atoms. The Bertz CT molecular complexity index is 924. The molecule has 0 saturated carbocycles. The van der Waals surface area contributed by atoms with Crippen molar-refractivity contribution in [3.8, 4) is 0 Å². The number of nitrogens with one attached hydrogen (secondary N) is 1. The molecule has 0 aliphatic carbocycles. The number of hydrogen-bond donors (Lipinski definition) is 1. The molecule has 0 radical (unpaired) electrons. The molecular formula is C20H20N2O5. The van der Waals surface area contributed by atoms with Crippen LogP contribution in [0, 0.1) is 0 Å². The molecule has 2 aliphatic rings. The van der Waals surface area contributed by atoms with Crippen LogP contribution < -0.4 is 10.2 Å². The highest BCUT2D eigenvalue weighted by molar-refractivity contribution is 6.07. The topological polar surface area (TPSA) is 84.9 Å². The second-order valence-electron chi connectivity index (χ2n) is 6.63. The second-order valence-corrected chi connectivity index (χ2v) is 6.63. The molecule has 0 spiro atoms. The number of ether oxygens (including phenoxy) is 2. The SMILES string of the molecule is COC(=O)C1=C(C(=O)OC)N(c2ccc3c(c2)C(C)(C)C(=O)N3)C=CC=C1. The lowest BCUT2D eigenvalue weighted by Crippen LogP contribution is -2.28. The van der Waals surface area contributed by atoms with E-state index in [1.54, 1.807) is 35.4 Å². The van der Waals surface area contributed by atoms with Crippen LogP contribution in [0.4, 0.5) is 11.4 Å². The maximum atomic E-state index is 12.5. The number of nitrogens with zero attached hydrogens (tertiary/aromatic N) is 1. The third-order valence-electron chi connectivity index (χ3n) is 4.66. The van der Waals surface area contributed by atoms with Crippen LogP contribution in [0.5, 0.6) is 0 Å². The number of benzene rings is 1. The van der Waals surface area contributed by atoms with Crippen LogP contribution in [-0.2, 0) is 29.3 Å². The van der Waals surface area contributed by atoms with E-state index in [-0.39, 0.29) is 17.2 Å². The fourth-order valence-electron chi connectivity index (χ4n) is 3.07. The van der Waals surface area contributed by atoms with Crippen LogP contribution in [0.25, 0.3) is 0 Å². The van der Waals surface area contributed by atoms with E-state index in [2.05, 4.69) is 5.32 Å². The van der Waals surface area contributed by atoms with E-state index in [1.807, 2.05) is 19.9 Å². The van der Waals surface area contributed by atoms with E-state index < -0.39 is 17.4 Å². The maximum absolute atomic E-state index is 12.5. The van der Waals surface area contributed by atoms with Gasteiger partial charge in [-0.1, -0.05) is 6.08 Å². The minimum atomic E-state index is -0.709. The van der Waals surface area contributed by atoms with Crippen molar-refractivity contribution in [3.05, 3.63) is 59.5 Å². The average Bonchev–Trinajstić information content (AvgIpc) is 2.82. The van der Waals surface area contributed by atoms with Crippen molar-refractivity contribution < 1.29 is 23.9 Å².